The standard InChI is InChI=1S/C7H6NO4S/c8-7(9)5-1-3-6(4-2-5)13(10,11)12/h1-4,8H,(H,10,11,12). The Morgan fingerprint density at radius 3 is 2.00 bits per heavy atom. The Morgan fingerprint density at radius 1 is 1.23 bits per heavy atom. The first-order valence-electron chi connectivity index (χ1n) is 3.25. The number of carbonyl (C=O) groups is 1. The summed E-state index contributed by atoms with van der Waals surface area (Å²) in [6.45, 7) is 0. The molecule has 1 aromatic rings. The van der Waals surface area contributed by atoms with Crippen molar-refractivity contribution in [2.75, 3.05) is 0 Å². The molecule has 0 aliphatic heterocycles. The van der Waals surface area contributed by atoms with Crippen molar-refractivity contribution in [3.63, 3.8) is 0 Å². The molecule has 0 bridgehead atoms. The number of nitrogens with one attached hydrogen (secondary N) is 1. The van der Waals surface area contributed by atoms with E-state index in [0.717, 1.165) is 12.1 Å². The molecule has 0 aromatic heterocycles. The van der Waals surface area contributed by atoms with Gasteiger partial charge in [-0.15, -0.1) is 0 Å². The monoisotopic (exact) mass is 200 g/mol. The molecule has 13 heavy (non-hydrogen) atoms. The Balaban J connectivity index is 3.16. The highest BCUT2D eigenvalue weighted by molar-refractivity contribution is 7.85. The van der Waals surface area contributed by atoms with E-state index in [9.17, 15) is 13.2 Å². The van der Waals surface area contributed by atoms with Crippen LogP contribution in [-0.4, -0.2) is 18.9 Å². The van der Waals surface area contributed by atoms with Crippen LogP contribution in [0.2, 0.25) is 0 Å². The Labute approximate surface area is 74.9 Å². The van der Waals surface area contributed by atoms with Gasteiger partial charge in [-0.2, -0.15) is 8.42 Å². The van der Waals surface area contributed by atoms with Crippen LogP contribution in [0.25, 0.3) is 0 Å². The maximum atomic E-state index is 10.5. The molecule has 0 fully saturated rings. The lowest BCUT2D eigenvalue weighted by atomic mass is 10.2. The number of amides is 1. The summed E-state index contributed by atoms with van der Waals surface area (Å²) >= 11 is 0. The molecule has 0 aliphatic rings. The average molecular weight is 200 g/mol. The van der Waals surface area contributed by atoms with Gasteiger partial charge in [0.05, 0.1) is 4.90 Å². The Hall–Kier alpha value is -1.40. The van der Waals surface area contributed by atoms with Crippen LogP contribution in [-0.2, 0) is 10.1 Å². The Morgan fingerprint density at radius 2 is 1.69 bits per heavy atom. The molecule has 1 amide bonds. The van der Waals surface area contributed by atoms with E-state index in [4.69, 9.17) is 10.3 Å². The first-order valence-corrected chi connectivity index (χ1v) is 4.69. The van der Waals surface area contributed by atoms with Crippen molar-refractivity contribution in [2.45, 2.75) is 4.90 Å². The number of carbonyl (C=O) groups excluding carboxylic acids is 1. The summed E-state index contributed by atoms with van der Waals surface area (Å²) in [5, 5.41) is 0. The minimum Gasteiger partial charge on any atom is -0.282 e. The molecule has 0 heterocycles. The molecule has 1 rings (SSSR count). The lowest BCUT2D eigenvalue weighted by Gasteiger charge is -1.96. The van der Waals surface area contributed by atoms with E-state index in [1.807, 2.05) is 0 Å². The van der Waals surface area contributed by atoms with Crippen molar-refractivity contribution in [1.82, 2.24) is 5.73 Å². The predicted molar refractivity (Wildman–Crippen MR) is 43.7 cm³/mol. The van der Waals surface area contributed by atoms with E-state index in [2.05, 4.69) is 0 Å². The van der Waals surface area contributed by atoms with Crippen molar-refractivity contribution in [1.29, 1.82) is 0 Å². The van der Waals surface area contributed by atoms with Gasteiger partial charge in [0.15, 0.2) is 0 Å². The number of rotatable bonds is 2. The first kappa shape index (κ1) is 9.69. The van der Waals surface area contributed by atoms with Gasteiger partial charge in [0.2, 0.25) is 0 Å². The largest absolute Gasteiger partial charge is 0.294 e. The third-order valence-corrected chi connectivity index (χ3v) is 2.28. The SMILES string of the molecule is [NH]C(=O)c1ccc(S(=O)(=O)O)cc1. The number of hydrogen-bond donors (Lipinski definition) is 1. The van der Waals surface area contributed by atoms with Gasteiger partial charge in [-0.05, 0) is 24.3 Å². The van der Waals surface area contributed by atoms with Crippen LogP contribution in [0.4, 0.5) is 0 Å². The summed E-state index contributed by atoms with van der Waals surface area (Å²) in [6.07, 6.45) is 0. The van der Waals surface area contributed by atoms with Crippen LogP contribution >= 0.6 is 0 Å². The third-order valence-electron chi connectivity index (χ3n) is 1.41. The summed E-state index contributed by atoms with van der Waals surface area (Å²) in [5.41, 5.74) is 6.77. The molecule has 0 spiro atoms. The van der Waals surface area contributed by atoms with Gasteiger partial charge in [0.1, 0.15) is 0 Å². The molecule has 0 saturated carbocycles. The van der Waals surface area contributed by atoms with E-state index in [1.165, 1.54) is 12.1 Å². The van der Waals surface area contributed by atoms with Gasteiger partial charge < -0.3 is 0 Å². The molecule has 1 aromatic carbocycles. The van der Waals surface area contributed by atoms with Crippen molar-refractivity contribution in [2.24, 2.45) is 0 Å². The molecule has 6 heteroatoms. The average Bonchev–Trinajstić information content (AvgIpc) is 2.03. The van der Waals surface area contributed by atoms with Gasteiger partial charge in [-0.3, -0.25) is 15.1 Å². The molecule has 5 nitrogen and oxygen atoms in total. The second kappa shape index (κ2) is 3.15. The second-order valence-electron chi connectivity index (χ2n) is 2.33. The number of benzene rings is 1. The van der Waals surface area contributed by atoms with Gasteiger partial charge >= 0.3 is 0 Å². The van der Waals surface area contributed by atoms with Crippen molar-refractivity contribution < 1.29 is 17.8 Å². The third kappa shape index (κ3) is 2.27. The Kier molecular flexibility index (Phi) is 2.35. The van der Waals surface area contributed by atoms with Crippen molar-refractivity contribution in [3.8, 4) is 0 Å². The summed E-state index contributed by atoms with van der Waals surface area (Å²) < 4.78 is 29.6. The highest BCUT2D eigenvalue weighted by Crippen LogP contribution is 2.09. The van der Waals surface area contributed by atoms with Crippen LogP contribution in [0.1, 0.15) is 10.4 Å². The van der Waals surface area contributed by atoms with Gasteiger partial charge in [-0.1, -0.05) is 0 Å². The fourth-order valence-electron chi connectivity index (χ4n) is 0.778. The molecular weight excluding hydrogens is 194 g/mol. The minimum atomic E-state index is -4.22. The summed E-state index contributed by atoms with van der Waals surface area (Å²) in [5.74, 6) is -0.901. The molecule has 0 atom stereocenters. The lowest BCUT2D eigenvalue weighted by molar-refractivity contribution is 0.0992. The fourth-order valence-corrected chi connectivity index (χ4v) is 1.26. The van der Waals surface area contributed by atoms with Crippen LogP contribution < -0.4 is 5.73 Å². The normalized spacial score (nSPS) is 11.2. The number of hydrogen-bond acceptors (Lipinski definition) is 3. The van der Waals surface area contributed by atoms with Gasteiger partial charge in [-0.25, -0.2) is 0 Å². The zero-order chi connectivity index (χ0) is 10.1. The topological polar surface area (TPSA) is 95.2 Å². The summed E-state index contributed by atoms with van der Waals surface area (Å²) in [4.78, 5) is 10.2. The Bertz CT molecular complexity index is 420. The van der Waals surface area contributed by atoms with E-state index in [0.29, 0.717) is 0 Å². The lowest BCUT2D eigenvalue weighted by Crippen LogP contribution is -2.01. The summed E-state index contributed by atoms with van der Waals surface area (Å²) in [7, 11) is -4.22. The van der Waals surface area contributed by atoms with E-state index >= 15 is 0 Å². The molecule has 1 radical (unpaired) electrons. The highest BCUT2D eigenvalue weighted by atomic mass is 32.2. The van der Waals surface area contributed by atoms with Crippen LogP contribution in [0.15, 0.2) is 29.2 Å². The molecular formula is C7H6NO4S. The maximum absolute atomic E-state index is 10.5. The zero-order valence-electron chi connectivity index (χ0n) is 6.39. The zero-order valence-corrected chi connectivity index (χ0v) is 7.21. The van der Waals surface area contributed by atoms with Crippen LogP contribution in [0.3, 0.4) is 0 Å². The molecule has 0 unspecified atom stereocenters. The maximum Gasteiger partial charge on any atom is 0.294 e. The van der Waals surface area contributed by atoms with Gasteiger partial charge in [0, 0.05) is 5.56 Å². The minimum absolute atomic E-state index is 0.0763. The van der Waals surface area contributed by atoms with Crippen LogP contribution in [0, 0.1) is 0 Å². The van der Waals surface area contributed by atoms with Crippen molar-refractivity contribution in [3.05, 3.63) is 29.8 Å². The molecule has 69 valence electrons. The predicted octanol–water partition coefficient (Wildman–Crippen LogP) is 0.356. The molecule has 0 aliphatic carbocycles. The molecule has 2 N–H and O–H groups in total. The van der Waals surface area contributed by atoms with Crippen LogP contribution in [0.5, 0.6) is 0 Å². The fraction of sp³-hybridized carbons (Fsp3) is 0. The van der Waals surface area contributed by atoms with E-state index in [-0.39, 0.29) is 10.5 Å². The van der Waals surface area contributed by atoms with E-state index in [1.54, 1.807) is 0 Å². The smallest absolute Gasteiger partial charge is 0.282 e. The van der Waals surface area contributed by atoms with Crippen molar-refractivity contribution >= 4 is 16.0 Å². The quantitative estimate of drug-likeness (QED) is 0.697. The highest BCUT2D eigenvalue weighted by Gasteiger charge is 2.09. The molecule has 0 saturated heterocycles. The van der Waals surface area contributed by atoms with E-state index < -0.39 is 16.0 Å². The van der Waals surface area contributed by atoms with Gasteiger partial charge in [0.25, 0.3) is 16.0 Å². The first-order chi connectivity index (χ1) is 5.91. The summed E-state index contributed by atoms with van der Waals surface area (Å²) in [6, 6.07) is 4.46. The second-order valence-corrected chi connectivity index (χ2v) is 3.75.